The molecular weight excluding hydrogens is 178 g/mol. The van der Waals surface area contributed by atoms with Crippen molar-refractivity contribution in [3.63, 3.8) is 0 Å². The Morgan fingerprint density at radius 1 is 1.64 bits per heavy atom. The average Bonchev–Trinajstić information content (AvgIpc) is 2.01. The molecule has 14 heavy (non-hydrogen) atoms. The van der Waals surface area contributed by atoms with Crippen molar-refractivity contribution in [2.24, 2.45) is 5.92 Å². The van der Waals surface area contributed by atoms with Gasteiger partial charge in [0.25, 0.3) is 0 Å². The van der Waals surface area contributed by atoms with Gasteiger partial charge in [0.15, 0.2) is 0 Å². The Hall–Kier alpha value is -1.34. The molecule has 0 aromatic heterocycles. The van der Waals surface area contributed by atoms with Crippen molar-refractivity contribution in [2.75, 3.05) is 33.7 Å². The molecule has 0 saturated carbocycles. The molecule has 1 saturated heterocycles. The van der Waals surface area contributed by atoms with Crippen LogP contribution in [-0.4, -0.2) is 49.4 Å². The molecule has 0 spiro atoms. The number of amides is 1. The molecule has 1 fully saturated rings. The lowest BCUT2D eigenvalue weighted by molar-refractivity contribution is -0.130. The molecule has 1 rings (SSSR count). The Bertz CT molecular complexity index is 272. The molecule has 4 heteroatoms. The molecular formula is C10H15N3O. The number of rotatable bonds is 3. The van der Waals surface area contributed by atoms with Gasteiger partial charge in [0.2, 0.25) is 5.91 Å². The largest absolute Gasteiger partial charge is 0.336 e. The summed E-state index contributed by atoms with van der Waals surface area (Å²) in [4.78, 5) is 15.0. The van der Waals surface area contributed by atoms with Gasteiger partial charge in [-0.1, -0.05) is 6.08 Å². The number of likely N-dealkylation sites (N-methyl/N-ethyl adjacent to an activating group) is 1. The zero-order valence-corrected chi connectivity index (χ0v) is 8.60. The molecule has 0 atom stereocenters. The predicted molar refractivity (Wildman–Crippen MR) is 53.4 cm³/mol. The van der Waals surface area contributed by atoms with Gasteiger partial charge in [0.1, 0.15) is 0 Å². The number of nitriles is 1. The van der Waals surface area contributed by atoms with Crippen LogP contribution < -0.4 is 0 Å². The summed E-state index contributed by atoms with van der Waals surface area (Å²) in [6.45, 7) is 1.94. The van der Waals surface area contributed by atoms with Gasteiger partial charge in [-0.25, -0.2) is 0 Å². The summed E-state index contributed by atoms with van der Waals surface area (Å²) in [7, 11) is 3.90. The normalized spacial score (nSPS) is 17.1. The smallest absolute Gasteiger partial charge is 0.246 e. The molecule has 0 bridgehead atoms. The van der Waals surface area contributed by atoms with E-state index in [-0.39, 0.29) is 11.8 Å². The van der Waals surface area contributed by atoms with E-state index in [1.54, 1.807) is 11.0 Å². The van der Waals surface area contributed by atoms with Gasteiger partial charge in [-0.3, -0.25) is 4.79 Å². The first-order valence-electron chi connectivity index (χ1n) is 4.63. The van der Waals surface area contributed by atoms with E-state index in [0.717, 1.165) is 6.54 Å². The molecule has 1 heterocycles. The van der Waals surface area contributed by atoms with E-state index in [9.17, 15) is 4.79 Å². The third-order valence-corrected chi connectivity index (χ3v) is 2.11. The lowest BCUT2D eigenvalue weighted by Crippen LogP contribution is -2.48. The average molecular weight is 193 g/mol. The lowest BCUT2D eigenvalue weighted by Gasteiger charge is -2.34. The Kier molecular flexibility index (Phi) is 3.66. The molecule has 0 unspecified atom stereocenters. The predicted octanol–water partition coefficient (Wildman–Crippen LogP) is 0.0862. The van der Waals surface area contributed by atoms with Gasteiger partial charge in [0.05, 0.1) is 12.0 Å². The lowest BCUT2D eigenvalue weighted by atomic mass is 10.0. The summed E-state index contributed by atoms with van der Waals surface area (Å²) in [6, 6.07) is 2.13. The number of carbonyl (C=O) groups excluding carboxylic acids is 1. The zero-order valence-electron chi connectivity index (χ0n) is 8.60. The van der Waals surface area contributed by atoms with E-state index < -0.39 is 0 Å². The summed E-state index contributed by atoms with van der Waals surface area (Å²) in [5.74, 6) is 0.0551. The number of likely N-dealkylation sites (tertiary alicyclic amines) is 1. The van der Waals surface area contributed by atoms with Crippen molar-refractivity contribution in [2.45, 2.75) is 0 Å². The van der Waals surface area contributed by atoms with Gasteiger partial charge in [0, 0.05) is 25.7 Å². The van der Waals surface area contributed by atoms with E-state index >= 15 is 0 Å². The maximum absolute atomic E-state index is 11.4. The monoisotopic (exact) mass is 193 g/mol. The molecule has 76 valence electrons. The molecule has 0 aromatic carbocycles. The second-order valence-electron chi connectivity index (χ2n) is 3.73. The second-order valence-corrected chi connectivity index (χ2v) is 3.73. The molecule has 1 aliphatic heterocycles. The highest BCUT2D eigenvalue weighted by Gasteiger charge is 2.28. The van der Waals surface area contributed by atoms with Crippen LogP contribution in [0.5, 0.6) is 0 Å². The van der Waals surface area contributed by atoms with Crippen LogP contribution >= 0.6 is 0 Å². The zero-order chi connectivity index (χ0) is 10.6. The first kappa shape index (κ1) is 10.7. The Balaban J connectivity index is 2.24. The first-order valence-corrected chi connectivity index (χ1v) is 4.63. The van der Waals surface area contributed by atoms with Crippen LogP contribution in [0.2, 0.25) is 0 Å². The van der Waals surface area contributed by atoms with Crippen molar-refractivity contribution in [1.82, 2.24) is 9.80 Å². The third kappa shape index (κ3) is 2.86. The summed E-state index contributed by atoms with van der Waals surface area (Å²) < 4.78 is 0. The van der Waals surface area contributed by atoms with Crippen molar-refractivity contribution >= 4 is 5.91 Å². The van der Waals surface area contributed by atoms with Crippen LogP contribution in [0.3, 0.4) is 0 Å². The van der Waals surface area contributed by atoms with Crippen LogP contribution in [0.15, 0.2) is 12.2 Å². The summed E-state index contributed by atoms with van der Waals surface area (Å²) in [5, 5.41) is 8.52. The second kappa shape index (κ2) is 4.77. The number of carbonyl (C=O) groups is 1. The van der Waals surface area contributed by atoms with Gasteiger partial charge in [-0.05, 0) is 14.1 Å². The molecule has 0 aromatic rings. The van der Waals surface area contributed by atoms with Gasteiger partial charge < -0.3 is 9.80 Å². The van der Waals surface area contributed by atoms with E-state index in [2.05, 4.69) is 6.07 Å². The van der Waals surface area contributed by atoms with Crippen LogP contribution in [0.4, 0.5) is 0 Å². The fourth-order valence-corrected chi connectivity index (χ4v) is 1.21. The van der Waals surface area contributed by atoms with Crippen molar-refractivity contribution < 1.29 is 4.79 Å². The van der Waals surface area contributed by atoms with E-state index in [1.807, 2.05) is 25.1 Å². The Labute approximate surface area is 84.4 Å². The molecule has 0 aliphatic carbocycles. The van der Waals surface area contributed by atoms with Gasteiger partial charge in [-0.2, -0.15) is 5.26 Å². The first-order chi connectivity index (χ1) is 6.63. The fourth-order valence-electron chi connectivity index (χ4n) is 1.21. The molecule has 0 N–H and O–H groups in total. The topological polar surface area (TPSA) is 47.3 Å². The van der Waals surface area contributed by atoms with Crippen molar-refractivity contribution in [1.29, 1.82) is 5.26 Å². The molecule has 4 nitrogen and oxygen atoms in total. The van der Waals surface area contributed by atoms with Crippen LogP contribution in [0.1, 0.15) is 0 Å². The number of nitrogens with zero attached hydrogens (tertiary/aromatic N) is 3. The van der Waals surface area contributed by atoms with Crippen LogP contribution in [0.25, 0.3) is 0 Å². The van der Waals surface area contributed by atoms with Gasteiger partial charge in [-0.15, -0.1) is 0 Å². The SMILES string of the molecule is CN(C)C/C=C/C(=O)N1CC(C#N)C1. The third-order valence-electron chi connectivity index (χ3n) is 2.11. The van der Waals surface area contributed by atoms with Crippen LogP contribution in [0, 0.1) is 17.2 Å². The Morgan fingerprint density at radius 3 is 2.79 bits per heavy atom. The summed E-state index contributed by atoms with van der Waals surface area (Å²) >= 11 is 0. The van der Waals surface area contributed by atoms with Crippen LogP contribution in [-0.2, 0) is 4.79 Å². The highest BCUT2D eigenvalue weighted by molar-refractivity contribution is 5.88. The quantitative estimate of drug-likeness (QED) is 0.597. The molecule has 1 amide bonds. The van der Waals surface area contributed by atoms with E-state index in [1.165, 1.54) is 0 Å². The molecule has 1 aliphatic rings. The maximum Gasteiger partial charge on any atom is 0.246 e. The minimum absolute atomic E-state index is 0.0124. The summed E-state index contributed by atoms with van der Waals surface area (Å²) in [6.07, 6.45) is 3.41. The van der Waals surface area contributed by atoms with Crippen molar-refractivity contribution in [3.8, 4) is 6.07 Å². The van der Waals surface area contributed by atoms with Crippen molar-refractivity contribution in [3.05, 3.63) is 12.2 Å². The highest BCUT2D eigenvalue weighted by atomic mass is 16.2. The molecule has 0 radical (unpaired) electrons. The minimum atomic E-state index is 0.0124. The minimum Gasteiger partial charge on any atom is -0.336 e. The maximum atomic E-state index is 11.4. The highest BCUT2D eigenvalue weighted by Crippen LogP contribution is 2.14. The summed E-state index contributed by atoms with van der Waals surface area (Å²) in [5.41, 5.74) is 0. The Morgan fingerprint density at radius 2 is 2.29 bits per heavy atom. The standard InChI is InChI=1S/C10H15N3O/c1-12(2)5-3-4-10(14)13-7-9(6-11)8-13/h3-4,9H,5,7-8H2,1-2H3/b4-3+. The number of hydrogen-bond donors (Lipinski definition) is 0. The van der Waals surface area contributed by atoms with E-state index in [0.29, 0.717) is 13.1 Å². The van der Waals surface area contributed by atoms with E-state index in [4.69, 9.17) is 5.26 Å². The fraction of sp³-hybridized carbons (Fsp3) is 0.600. The number of hydrogen-bond acceptors (Lipinski definition) is 3. The van der Waals surface area contributed by atoms with Gasteiger partial charge >= 0.3 is 0 Å².